The predicted molar refractivity (Wildman–Crippen MR) is 82.7 cm³/mol. The van der Waals surface area contributed by atoms with Crippen LogP contribution in [0.5, 0.6) is 0 Å². The van der Waals surface area contributed by atoms with Crippen molar-refractivity contribution in [3.05, 3.63) is 29.6 Å². The SMILES string of the molecule is N#Cc1ccc(F)c(N2C(N)=NC(N)=NC23CCCCC3)c1. The molecule has 4 N–H and O–H groups in total. The van der Waals surface area contributed by atoms with Crippen molar-refractivity contribution in [3.8, 4) is 6.07 Å². The second kappa shape index (κ2) is 5.30. The maximum absolute atomic E-state index is 14.4. The van der Waals surface area contributed by atoms with Crippen LogP contribution in [0, 0.1) is 17.1 Å². The standard InChI is InChI=1S/C15H17FN6/c16-11-5-4-10(9-17)8-12(11)22-14(19)20-13(18)21-15(22)6-2-1-3-7-15/h4-5,8H,1-3,6-7H2,(H4,18,19,20,21). The molecule has 0 aromatic heterocycles. The molecule has 0 amide bonds. The van der Waals surface area contributed by atoms with E-state index in [1.807, 2.05) is 6.07 Å². The molecule has 22 heavy (non-hydrogen) atoms. The predicted octanol–water partition coefficient (Wildman–Crippen LogP) is 1.81. The van der Waals surface area contributed by atoms with Crippen LogP contribution in [-0.4, -0.2) is 17.6 Å². The Labute approximate surface area is 127 Å². The van der Waals surface area contributed by atoms with Gasteiger partial charge in [0.05, 0.1) is 17.3 Å². The highest BCUT2D eigenvalue weighted by Crippen LogP contribution is 2.40. The number of halogens is 1. The Bertz CT molecular complexity index is 696. The van der Waals surface area contributed by atoms with E-state index in [9.17, 15) is 4.39 Å². The number of aliphatic imine (C=N–C) groups is 2. The Kier molecular flexibility index (Phi) is 3.45. The highest BCUT2D eigenvalue weighted by atomic mass is 19.1. The zero-order valence-corrected chi connectivity index (χ0v) is 12.1. The normalized spacial score (nSPS) is 20.3. The first kappa shape index (κ1) is 14.3. The first-order chi connectivity index (χ1) is 10.6. The van der Waals surface area contributed by atoms with Crippen molar-refractivity contribution in [2.45, 2.75) is 37.8 Å². The molecule has 1 aliphatic carbocycles. The number of nitrogens with zero attached hydrogens (tertiary/aromatic N) is 4. The summed E-state index contributed by atoms with van der Waals surface area (Å²) < 4.78 is 14.4. The number of guanidine groups is 2. The molecule has 1 aliphatic heterocycles. The highest BCUT2D eigenvalue weighted by Gasteiger charge is 2.43. The van der Waals surface area contributed by atoms with Gasteiger partial charge in [0.25, 0.3) is 0 Å². The van der Waals surface area contributed by atoms with Crippen LogP contribution in [0.4, 0.5) is 10.1 Å². The Morgan fingerprint density at radius 3 is 2.64 bits per heavy atom. The third-order valence-electron chi connectivity index (χ3n) is 4.17. The minimum Gasteiger partial charge on any atom is -0.369 e. The van der Waals surface area contributed by atoms with Crippen molar-refractivity contribution < 1.29 is 4.39 Å². The smallest absolute Gasteiger partial charge is 0.220 e. The largest absolute Gasteiger partial charge is 0.369 e. The van der Waals surface area contributed by atoms with Crippen molar-refractivity contribution in [1.82, 2.24) is 0 Å². The number of hydrogen-bond donors (Lipinski definition) is 2. The van der Waals surface area contributed by atoms with Crippen LogP contribution in [0.3, 0.4) is 0 Å². The zero-order valence-electron chi connectivity index (χ0n) is 12.1. The minimum atomic E-state index is -0.705. The molecule has 1 heterocycles. The van der Waals surface area contributed by atoms with Crippen LogP contribution in [0.15, 0.2) is 28.2 Å². The van der Waals surface area contributed by atoms with Gasteiger partial charge in [-0.3, -0.25) is 4.90 Å². The molecule has 1 saturated carbocycles. The van der Waals surface area contributed by atoms with Gasteiger partial charge in [0.15, 0.2) is 0 Å². The first-order valence-corrected chi connectivity index (χ1v) is 7.25. The average molecular weight is 300 g/mol. The molecule has 6 nitrogen and oxygen atoms in total. The monoisotopic (exact) mass is 300 g/mol. The molecule has 1 spiro atoms. The number of hydrogen-bond acceptors (Lipinski definition) is 6. The Balaban J connectivity index is 2.14. The lowest BCUT2D eigenvalue weighted by atomic mass is 9.87. The fraction of sp³-hybridized carbons (Fsp3) is 0.400. The molecule has 0 unspecified atom stereocenters. The molecular weight excluding hydrogens is 283 g/mol. The number of anilines is 1. The van der Waals surface area contributed by atoms with E-state index in [0.717, 1.165) is 32.1 Å². The lowest BCUT2D eigenvalue weighted by Crippen LogP contribution is -2.58. The molecule has 0 radical (unpaired) electrons. The van der Waals surface area contributed by atoms with Crippen molar-refractivity contribution >= 4 is 17.6 Å². The summed E-state index contributed by atoms with van der Waals surface area (Å²) in [4.78, 5) is 10.1. The van der Waals surface area contributed by atoms with Crippen LogP contribution in [0.1, 0.15) is 37.7 Å². The van der Waals surface area contributed by atoms with Gasteiger partial charge >= 0.3 is 0 Å². The lowest BCUT2D eigenvalue weighted by molar-refractivity contribution is 0.304. The quantitative estimate of drug-likeness (QED) is 0.825. The Hall–Kier alpha value is -2.62. The molecule has 7 heteroatoms. The van der Waals surface area contributed by atoms with E-state index in [2.05, 4.69) is 9.98 Å². The van der Waals surface area contributed by atoms with Crippen molar-refractivity contribution in [2.75, 3.05) is 4.90 Å². The van der Waals surface area contributed by atoms with E-state index < -0.39 is 11.5 Å². The lowest BCUT2D eigenvalue weighted by Gasteiger charge is -2.45. The van der Waals surface area contributed by atoms with Crippen molar-refractivity contribution in [1.29, 1.82) is 5.26 Å². The zero-order chi connectivity index (χ0) is 15.7. The van der Waals surface area contributed by atoms with Gasteiger partial charge < -0.3 is 11.5 Å². The van der Waals surface area contributed by atoms with Crippen LogP contribution in [-0.2, 0) is 0 Å². The number of benzene rings is 1. The number of nitriles is 1. The van der Waals surface area contributed by atoms with Gasteiger partial charge in [-0.15, -0.1) is 0 Å². The number of nitrogens with two attached hydrogens (primary N) is 2. The Morgan fingerprint density at radius 1 is 1.23 bits per heavy atom. The van der Waals surface area contributed by atoms with E-state index in [0.29, 0.717) is 5.56 Å². The molecule has 0 saturated heterocycles. The van der Waals surface area contributed by atoms with Crippen molar-refractivity contribution in [2.24, 2.45) is 21.5 Å². The summed E-state index contributed by atoms with van der Waals surface area (Å²) in [5.41, 5.74) is 11.7. The summed E-state index contributed by atoms with van der Waals surface area (Å²) in [6.07, 6.45) is 4.46. The van der Waals surface area contributed by atoms with Gasteiger partial charge in [0.1, 0.15) is 11.5 Å². The van der Waals surface area contributed by atoms with Crippen LogP contribution < -0.4 is 16.4 Å². The maximum atomic E-state index is 14.4. The van der Waals surface area contributed by atoms with E-state index >= 15 is 0 Å². The molecule has 1 fully saturated rings. The molecule has 3 rings (SSSR count). The van der Waals surface area contributed by atoms with E-state index in [-0.39, 0.29) is 17.6 Å². The average Bonchev–Trinajstić information content (AvgIpc) is 2.49. The van der Waals surface area contributed by atoms with Crippen LogP contribution in [0.25, 0.3) is 0 Å². The first-order valence-electron chi connectivity index (χ1n) is 7.25. The molecule has 0 atom stereocenters. The molecule has 0 bridgehead atoms. The molecule has 1 aromatic carbocycles. The van der Waals surface area contributed by atoms with Gasteiger partial charge in [-0.2, -0.15) is 10.3 Å². The van der Waals surface area contributed by atoms with Gasteiger partial charge in [0, 0.05) is 0 Å². The molecule has 1 aromatic rings. The van der Waals surface area contributed by atoms with E-state index in [1.165, 1.54) is 18.2 Å². The van der Waals surface area contributed by atoms with Gasteiger partial charge in [-0.05, 0) is 43.9 Å². The fourth-order valence-electron chi connectivity index (χ4n) is 3.22. The third kappa shape index (κ3) is 2.26. The summed E-state index contributed by atoms with van der Waals surface area (Å²) in [5.74, 6) is -0.228. The highest BCUT2D eigenvalue weighted by molar-refractivity contribution is 6.05. The summed E-state index contributed by atoms with van der Waals surface area (Å²) >= 11 is 0. The van der Waals surface area contributed by atoms with Gasteiger partial charge in [-0.25, -0.2) is 9.38 Å². The van der Waals surface area contributed by atoms with Crippen LogP contribution >= 0.6 is 0 Å². The summed E-state index contributed by atoms with van der Waals surface area (Å²) in [6.45, 7) is 0. The Morgan fingerprint density at radius 2 is 1.95 bits per heavy atom. The van der Waals surface area contributed by atoms with Gasteiger partial charge in [-0.1, -0.05) is 6.42 Å². The molecular formula is C15H17FN6. The fourth-order valence-corrected chi connectivity index (χ4v) is 3.22. The maximum Gasteiger partial charge on any atom is 0.220 e. The third-order valence-corrected chi connectivity index (χ3v) is 4.17. The molecule has 2 aliphatic rings. The van der Waals surface area contributed by atoms with E-state index in [4.69, 9.17) is 16.7 Å². The summed E-state index contributed by atoms with van der Waals surface area (Å²) in [7, 11) is 0. The summed E-state index contributed by atoms with van der Waals surface area (Å²) in [6, 6.07) is 6.19. The van der Waals surface area contributed by atoms with Crippen LogP contribution in [0.2, 0.25) is 0 Å². The number of rotatable bonds is 1. The van der Waals surface area contributed by atoms with E-state index in [1.54, 1.807) is 4.90 Å². The summed E-state index contributed by atoms with van der Waals surface area (Å²) in [5, 5.41) is 9.06. The van der Waals surface area contributed by atoms with Gasteiger partial charge in [0.2, 0.25) is 11.9 Å². The van der Waals surface area contributed by atoms with Crippen molar-refractivity contribution in [3.63, 3.8) is 0 Å². The minimum absolute atomic E-state index is 0.114. The topological polar surface area (TPSA) is 104 Å². The molecule has 114 valence electrons. The second-order valence-corrected chi connectivity index (χ2v) is 5.60. The second-order valence-electron chi connectivity index (χ2n) is 5.60.